The van der Waals surface area contributed by atoms with Crippen LogP contribution in [0.4, 0.5) is 0 Å². The van der Waals surface area contributed by atoms with Crippen LogP contribution in [0.25, 0.3) is 10.9 Å². The maximum atomic E-state index is 5.80. The van der Waals surface area contributed by atoms with E-state index in [1.54, 1.807) is 0 Å². The lowest BCUT2D eigenvalue weighted by Gasteiger charge is -2.23. The minimum atomic E-state index is 0.0671. The third-order valence-electron chi connectivity index (χ3n) is 3.68. The van der Waals surface area contributed by atoms with Gasteiger partial charge in [-0.05, 0) is 25.3 Å². The Kier molecular flexibility index (Phi) is 3.05. The Morgan fingerprint density at radius 2 is 2.11 bits per heavy atom. The van der Waals surface area contributed by atoms with Gasteiger partial charge in [0.15, 0.2) is 6.23 Å². The smallest absolute Gasteiger partial charge is 0.150 e. The highest BCUT2D eigenvalue weighted by atomic mass is 16.5. The molecule has 0 bridgehead atoms. The molecular weight excluding hydrogens is 238 g/mol. The highest BCUT2D eigenvalue weighted by Crippen LogP contribution is 2.28. The lowest BCUT2D eigenvalue weighted by molar-refractivity contribution is -0.0367. The minimum absolute atomic E-state index is 0.0671. The Bertz CT molecular complexity index is 577. The maximum Gasteiger partial charge on any atom is 0.150 e. The SMILES string of the molecule is CC(C)(C)c1cc2cnn(C3CCCCO3)c2cn1. The molecule has 1 unspecified atom stereocenters. The van der Waals surface area contributed by atoms with Gasteiger partial charge < -0.3 is 4.74 Å². The van der Waals surface area contributed by atoms with Crippen LogP contribution in [0.15, 0.2) is 18.5 Å². The minimum Gasteiger partial charge on any atom is -0.356 e. The van der Waals surface area contributed by atoms with Crippen molar-refractivity contribution in [2.45, 2.75) is 51.7 Å². The fourth-order valence-electron chi connectivity index (χ4n) is 2.50. The van der Waals surface area contributed by atoms with Gasteiger partial charge in [-0.15, -0.1) is 0 Å². The molecule has 0 N–H and O–H groups in total. The molecule has 1 atom stereocenters. The van der Waals surface area contributed by atoms with E-state index in [-0.39, 0.29) is 11.6 Å². The summed E-state index contributed by atoms with van der Waals surface area (Å²) in [5, 5.41) is 5.64. The van der Waals surface area contributed by atoms with E-state index in [1.807, 2.05) is 17.1 Å². The summed E-state index contributed by atoms with van der Waals surface area (Å²) in [4.78, 5) is 4.59. The van der Waals surface area contributed by atoms with Gasteiger partial charge in [0.1, 0.15) is 0 Å². The summed E-state index contributed by atoms with van der Waals surface area (Å²) in [6.07, 6.45) is 7.33. The number of fused-ring (bicyclic) bond motifs is 1. The Balaban J connectivity index is 2.00. The second-order valence-electron chi connectivity index (χ2n) is 6.29. The van der Waals surface area contributed by atoms with E-state index in [0.717, 1.165) is 36.0 Å². The van der Waals surface area contributed by atoms with Gasteiger partial charge in [0.2, 0.25) is 0 Å². The zero-order valence-electron chi connectivity index (χ0n) is 11.9. The number of rotatable bonds is 1. The summed E-state index contributed by atoms with van der Waals surface area (Å²) in [5.74, 6) is 0. The molecule has 2 aromatic heterocycles. The van der Waals surface area contributed by atoms with Crippen LogP contribution >= 0.6 is 0 Å². The molecule has 0 amide bonds. The number of hydrogen-bond acceptors (Lipinski definition) is 3. The van der Waals surface area contributed by atoms with E-state index in [2.05, 4.69) is 36.9 Å². The van der Waals surface area contributed by atoms with Crippen molar-refractivity contribution in [1.29, 1.82) is 0 Å². The predicted molar refractivity (Wildman–Crippen MR) is 75.1 cm³/mol. The zero-order chi connectivity index (χ0) is 13.5. The fraction of sp³-hybridized carbons (Fsp3) is 0.600. The van der Waals surface area contributed by atoms with Crippen LogP contribution in [0.2, 0.25) is 0 Å². The third-order valence-corrected chi connectivity index (χ3v) is 3.68. The summed E-state index contributed by atoms with van der Waals surface area (Å²) in [5.41, 5.74) is 2.24. The molecule has 3 rings (SSSR count). The largest absolute Gasteiger partial charge is 0.356 e. The number of ether oxygens (including phenoxy) is 1. The van der Waals surface area contributed by atoms with Crippen LogP contribution in [0, 0.1) is 0 Å². The summed E-state index contributed by atoms with van der Waals surface area (Å²) in [6, 6.07) is 2.14. The van der Waals surface area contributed by atoms with Crippen LogP contribution in [0.1, 0.15) is 52.0 Å². The number of aromatic nitrogens is 3. The van der Waals surface area contributed by atoms with Crippen molar-refractivity contribution in [1.82, 2.24) is 14.8 Å². The fourth-order valence-corrected chi connectivity index (χ4v) is 2.50. The van der Waals surface area contributed by atoms with Gasteiger partial charge in [-0.25, -0.2) is 4.68 Å². The van der Waals surface area contributed by atoms with E-state index in [4.69, 9.17) is 4.74 Å². The molecule has 1 aliphatic rings. The number of nitrogens with zero attached hydrogens (tertiary/aromatic N) is 3. The molecule has 1 aliphatic heterocycles. The lowest BCUT2D eigenvalue weighted by atomic mass is 9.91. The van der Waals surface area contributed by atoms with Gasteiger partial charge in [0.05, 0.1) is 17.9 Å². The van der Waals surface area contributed by atoms with Gasteiger partial charge in [0, 0.05) is 23.1 Å². The molecular formula is C15H21N3O. The number of pyridine rings is 1. The van der Waals surface area contributed by atoms with Crippen molar-refractivity contribution in [2.24, 2.45) is 0 Å². The van der Waals surface area contributed by atoms with Gasteiger partial charge in [-0.3, -0.25) is 4.98 Å². The van der Waals surface area contributed by atoms with Gasteiger partial charge >= 0.3 is 0 Å². The van der Waals surface area contributed by atoms with E-state index in [0.29, 0.717) is 0 Å². The first-order valence-electron chi connectivity index (χ1n) is 7.01. The van der Waals surface area contributed by atoms with Crippen molar-refractivity contribution >= 4 is 10.9 Å². The lowest BCUT2D eigenvalue weighted by Crippen LogP contribution is -2.19. The number of hydrogen-bond donors (Lipinski definition) is 0. The van der Waals surface area contributed by atoms with E-state index in [1.165, 1.54) is 6.42 Å². The van der Waals surface area contributed by atoms with E-state index < -0.39 is 0 Å². The first-order chi connectivity index (χ1) is 9.05. The Morgan fingerprint density at radius 1 is 1.26 bits per heavy atom. The third kappa shape index (κ3) is 2.37. The monoisotopic (exact) mass is 259 g/mol. The highest BCUT2D eigenvalue weighted by molar-refractivity contribution is 5.78. The Labute approximate surface area is 113 Å². The second kappa shape index (κ2) is 4.60. The first-order valence-corrected chi connectivity index (χ1v) is 7.01. The van der Waals surface area contributed by atoms with Crippen molar-refractivity contribution in [2.75, 3.05) is 6.61 Å². The molecule has 3 heterocycles. The average molecular weight is 259 g/mol. The molecule has 0 aromatic carbocycles. The average Bonchev–Trinajstić information content (AvgIpc) is 2.81. The quantitative estimate of drug-likeness (QED) is 0.787. The van der Waals surface area contributed by atoms with Crippen molar-refractivity contribution in [3.63, 3.8) is 0 Å². The second-order valence-corrected chi connectivity index (χ2v) is 6.29. The molecule has 102 valence electrons. The summed E-state index contributed by atoms with van der Waals surface area (Å²) >= 11 is 0. The van der Waals surface area contributed by atoms with Crippen LogP contribution in [0.5, 0.6) is 0 Å². The summed E-state index contributed by atoms with van der Waals surface area (Å²) < 4.78 is 7.78. The van der Waals surface area contributed by atoms with Crippen LogP contribution < -0.4 is 0 Å². The summed E-state index contributed by atoms with van der Waals surface area (Å²) in [7, 11) is 0. The molecule has 19 heavy (non-hydrogen) atoms. The molecule has 0 aliphatic carbocycles. The van der Waals surface area contributed by atoms with Gasteiger partial charge in [-0.1, -0.05) is 20.8 Å². The van der Waals surface area contributed by atoms with E-state index >= 15 is 0 Å². The van der Waals surface area contributed by atoms with Gasteiger partial charge in [-0.2, -0.15) is 5.10 Å². The van der Waals surface area contributed by atoms with Gasteiger partial charge in [0.25, 0.3) is 0 Å². The molecule has 2 aromatic rings. The molecule has 0 radical (unpaired) electrons. The molecule has 1 saturated heterocycles. The standard InChI is InChI=1S/C15H21N3O/c1-15(2,3)13-8-11-9-17-18(12(11)10-16-13)14-6-4-5-7-19-14/h8-10,14H,4-7H2,1-3H3. The predicted octanol–water partition coefficient (Wildman–Crippen LogP) is 3.43. The molecule has 4 heteroatoms. The van der Waals surface area contributed by atoms with Crippen LogP contribution in [-0.4, -0.2) is 21.4 Å². The Morgan fingerprint density at radius 3 is 2.79 bits per heavy atom. The molecule has 0 saturated carbocycles. The van der Waals surface area contributed by atoms with Crippen LogP contribution in [0.3, 0.4) is 0 Å². The summed E-state index contributed by atoms with van der Waals surface area (Å²) in [6.45, 7) is 7.36. The maximum absolute atomic E-state index is 5.80. The molecule has 1 fully saturated rings. The normalized spacial score (nSPS) is 20.9. The van der Waals surface area contributed by atoms with Crippen molar-refractivity contribution in [3.05, 3.63) is 24.2 Å². The topological polar surface area (TPSA) is 39.9 Å². The first kappa shape index (κ1) is 12.6. The van der Waals surface area contributed by atoms with Crippen molar-refractivity contribution in [3.8, 4) is 0 Å². The van der Waals surface area contributed by atoms with Crippen LogP contribution in [-0.2, 0) is 10.2 Å². The highest BCUT2D eigenvalue weighted by Gasteiger charge is 2.20. The molecule has 0 spiro atoms. The Hall–Kier alpha value is -1.42. The van der Waals surface area contributed by atoms with E-state index in [9.17, 15) is 0 Å². The van der Waals surface area contributed by atoms with Crippen molar-refractivity contribution < 1.29 is 4.74 Å². The zero-order valence-corrected chi connectivity index (χ0v) is 11.9. The molecule has 4 nitrogen and oxygen atoms in total.